The summed E-state index contributed by atoms with van der Waals surface area (Å²) < 4.78 is 4.88. The second-order valence-corrected chi connectivity index (χ2v) is 5.14. The molecule has 9 heteroatoms. The summed E-state index contributed by atoms with van der Waals surface area (Å²) >= 11 is 0. The first-order valence-electron chi connectivity index (χ1n) is 6.93. The number of methoxy groups -OCH3 is 1. The Morgan fingerprint density at radius 1 is 1.50 bits per heavy atom. The molecule has 0 saturated carbocycles. The van der Waals surface area contributed by atoms with E-state index in [4.69, 9.17) is 15.6 Å². The van der Waals surface area contributed by atoms with Gasteiger partial charge in [0.2, 0.25) is 17.7 Å². The van der Waals surface area contributed by atoms with Gasteiger partial charge in [-0.25, -0.2) is 4.79 Å². The number of carbonyl (C=O) groups excluding carboxylic acids is 3. The predicted octanol–water partition coefficient (Wildman–Crippen LogP) is -1.68. The van der Waals surface area contributed by atoms with E-state index >= 15 is 0 Å². The van der Waals surface area contributed by atoms with E-state index in [1.807, 2.05) is 0 Å². The van der Waals surface area contributed by atoms with Gasteiger partial charge in [-0.1, -0.05) is 0 Å². The zero-order chi connectivity index (χ0) is 16.7. The van der Waals surface area contributed by atoms with Crippen LogP contribution in [-0.2, 0) is 23.9 Å². The largest absolute Gasteiger partial charge is 0.480 e. The maximum atomic E-state index is 12.1. The van der Waals surface area contributed by atoms with Gasteiger partial charge in [0.25, 0.3) is 0 Å². The number of carboxylic acid groups (broad SMARTS) is 1. The van der Waals surface area contributed by atoms with E-state index in [2.05, 4.69) is 5.32 Å². The van der Waals surface area contributed by atoms with Crippen molar-refractivity contribution in [3.8, 4) is 0 Å². The van der Waals surface area contributed by atoms with Gasteiger partial charge >= 0.3 is 5.97 Å². The highest BCUT2D eigenvalue weighted by Crippen LogP contribution is 2.18. The van der Waals surface area contributed by atoms with Crippen molar-refractivity contribution in [3.05, 3.63) is 0 Å². The second-order valence-electron chi connectivity index (χ2n) is 5.14. The molecule has 1 aliphatic rings. The summed E-state index contributed by atoms with van der Waals surface area (Å²) in [5, 5.41) is 11.4. The monoisotopic (exact) mass is 315 g/mol. The smallest absolute Gasteiger partial charge is 0.326 e. The van der Waals surface area contributed by atoms with Crippen molar-refractivity contribution in [1.82, 2.24) is 10.2 Å². The quantitative estimate of drug-likeness (QED) is 0.464. The van der Waals surface area contributed by atoms with Crippen LogP contribution in [0.4, 0.5) is 0 Å². The molecule has 1 rings (SSSR count). The molecule has 0 spiro atoms. The first-order valence-corrected chi connectivity index (χ1v) is 6.93. The highest BCUT2D eigenvalue weighted by atomic mass is 16.5. The molecule has 1 saturated heterocycles. The Hall–Kier alpha value is -2.16. The Kier molecular flexibility index (Phi) is 6.77. The average Bonchev–Trinajstić information content (AvgIpc) is 2.81. The molecular weight excluding hydrogens is 294 g/mol. The van der Waals surface area contributed by atoms with Crippen LogP contribution in [-0.4, -0.2) is 66.5 Å². The molecule has 2 atom stereocenters. The van der Waals surface area contributed by atoms with Gasteiger partial charge in [-0.05, 0) is 6.42 Å². The van der Waals surface area contributed by atoms with E-state index < -0.39 is 29.7 Å². The van der Waals surface area contributed by atoms with Gasteiger partial charge in [-0.15, -0.1) is 0 Å². The maximum Gasteiger partial charge on any atom is 0.326 e. The van der Waals surface area contributed by atoms with Crippen molar-refractivity contribution < 1.29 is 29.0 Å². The summed E-state index contributed by atoms with van der Waals surface area (Å²) in [7, 11) is 1.51. The first kappa shape index (κ1) is 17.9. The third-order valence-electron chi connectivity index (χ3n) is 3.44. The second kappa shape index (κ2) is 8.32. The van der Waals surface area contributed by atoms with Crippen LogP contribution < -0.4 is 11.1 Å². The number of rotatable bonds is 9. The van der Waals surface area contributed by atoms with Gasteiger partial charge < -0.3 is 25.8 Å². The number of nitrogens with zero attached hydrogens (tertiary/aromatic N) is 1. The SMILES string of the molecule is COCCN1CC(C(=O)NC(CCC(N)=O)C(=O)O)CC1=O. The van der Waals surface area contributed by atoms with Crippen molar-refractivity contribution in [2.75, 3.05) is 26.8 Å². The first-order chi connectivity index (χ1) is 10.3. The molecule has 0 aromatic heterocycles. The van der Waals surface area contributed by atoms with Gasteiger partial charge in [-0.3, -0.25) is 14.4 Å². The number of carbonyl (C=O) groups is 4. The Labute approximate surface area is 127 Å². The highest BCUT2D eigenvalue weighted by Gasteiger charge is 2.35. The van der Waals surface area contributed by atoms with Crippen LogP contribution in [0.25, 0.3) is 0 Å². The van der Waals surface area contributed by atoms with Crippen LogP contribution in [0.2, 0.25) is 0 Å². The summed E-state index contributed by atoms with van der Waals surface area (Å²) in [5.41, 5.74) is 4.97. The van der Waals surface area contributed by atoms with Crippen LogP contribution in [0.1, 0.15) is 19.3 Å². The number of nitrogens with two attached hydrogens (primary N) is 1. The highest BCUT2D eigenvalue weighted by molar-refractivity contribution is 5.91. The van der Waals surface area contributed by atoms with Crippen molar-refractivity contribution in [2.24, 2.45) is 11.7 Å². The lowest BCUT2D eigenvalue weighted by atomic mass is 10.1. The van der Waals surface area contributed by atoms with Crippen LogP contribution in [0.5, 0.6) is 0 Å². The minimum atomic E-state index is -1.24. The Morgan fingerprint density at radius 2 is 2.18 bits per heavy atom. The number of amides is 3. The number of likely N-dealkylation sites (tertiary alicyclic amines) is 1. The number of hydrogen-bond donors (Lipinski definition) is 3. The Balaban J connectivity index is 2.54. The fraction of sp³-hybridized carbons (Fsp3) is 0.692. The Morgan fingerprint density at radius 3 is 2.73 bits per heavy atom. The Bertz CT molecular complexity index is 453. The molecule has 1 fully saturated rings. The van der Waals surface area contributed by atoms with Crippen LogP contribution in [0, 0.1) is 5.92 Å². The average molecular weight is 315 g/mol. The molecule has 0 aliphatic carbocycles. The van der Waals surface area contributed by atoms with E-state index in [-0.39, 0.29) is 31.7 Å². The standard InChI is InChI=1S/C13H21N3O6/c1-22-5-4-16-7-8(6-11(16)18)12(19)15-9(13(20)21)2-3-10(14)17/h8-9H,2-7H2,1H3,(H2,14,17)(H,15,19)(H,20,21). The molecule has 1 aliphatic heterocycles. The predicted molar refractivity (Wildman–Crippen MR) is 74.6 cm³/mol. The number of hydrogen-bond acceptors (Lipinski definition) is 5. The van der Waals surface area contributed by atoms with Crippen molar-refractivity contribution in [1.29, 1.82) is 0 Å². The van der Waals surface area contributed by atoms with Gasteiger partial charge in [0.1, 0.15) is 6.04 Å². The van der Waals surface area contributed by atoms with Crippen LogP contribution in [0.3, 0.4) is 0 Å². The van der Waals surface area contributed by atoms with Gasteiger partial charge in [-0.2, -0.15) is 0 Å². The molecule has 1 heterocycles. The third kappa shape index (κ3) is 5.32. The molecule has 3 amide bonds. The lowest BCUT2D eigenvalue weighted by molar-refractivity contribution is -0.142. The molecule has 22 heavy (non-hydrogen) atoms. The van der Waals surface area contributed by atoms with Gasteiger partial charge in [0, 0.05) is 33.0 Å². The number of ether oxygens (including phenoxy) is 1. The zero-order valence-corrected chi connectivity index (χ0v) is 12.4. The summed E-state index contributed by atoms with van der Waals surface area (Å²) in [6.45, 7) is 0.996. The van der Waals surface area contributed by atoms with Crippen LogP contribution >= 0.6 is 0 Å². The van der Waals surface area contributed by atoms with E-state index in [9.17, 15) is 19.2 Å². The van der Waals surface area contributed by atoms with E-state index in [1.54, 1.807) is 0 Å². The normalized spacial score (nSPS) is 19.0. The number of carboxylic acids is 1. The van der Waals surface area contributed by atoms with Crippen molar-refractivity contribution in [3.63, 3.8) is 0 Å². The molecule has 2 unspecified atom stereocenters. The molecule has 4 N–H and O–H groups in total. The molecule has 0 bridgehead atoms. The molecule has 0 aromatic rings. The zero-order valence-electron chi connectivity index (χ0n) is 12.4. The fourth-order valence-corrected chi connectivity index (χ4v) is 2.20. The lowest BCUT2D eigenvalue weighted by Gasteiger charge is -2.18. The lowest BCUT2D eigenvalue weighted by Crippen LogP contribution is -2.44. The van der Waals surface area contributed by atoms with Crippen molar-refractivity contribution >= 4 is 23.7 Å². The number of nitrogens with one attached hydrogen (secondary N) is 1. The van der Waals surface area contributed by atoms with Crippen LogP contribution in [0.15, 0.2) is 0 Å². The summed E-state index contributed by atoms with van der Waals surface area (Å²) in [5.74, 6) is -3.15. The molecule has 124 valence electrons. The van der Waals surface area contributed by atoms with E-state index in [1.165, 1.54) is 12.0 Å². The third-order valence-corrected chi connectivity index (χ3v) is 3.44. The fourth-order valence-electron chi connectivity index (χ4n) is 2.20. The summed E-state index contributed by atoms with van der Waals surface area (Å²) in [6.07, 6.45) is -0.178. The van der Waals surface area contributed by atoms with E-state index in [0.717, 1.165) is 0 Å². The van der Waals surface area contributed by atoms with Gasteiger partial charge in [0.15, 0.2) is 0 Å². The molecule has 9 nitrogen and oxygen atoms in total. The topological polar surface area (TPSA) is 139 Å². The number of primary amides is 1. The molecule has 0 aromatic carbocycles. The maximum absolute atomic E-state index is 12.1. The minimum absolute atomic E-state index is 0.0394. The summed E-state index contributed by atoms with van der Waals surface area (Å²) in [4.78, 5) is 47.1. The minimum Gasteiger partial charge on any atom is -0.480 e. The summed E-state index contributed by atoms with van der Waals surface area (Å²) in [6, 6.07) is -1.19. The van der Waals surface area contributed by atoms with E-state index in [0.29, 0.717) is 13.2 Å². The van der Waals surface area contributed by atoms with Crippen molar-refractivity contribution in [2.45, 2.75) is 25.3 Å². The molecular formula is C13H21N3O6. The molecule has 0 radical (unpaired) electrons. The number of aliphatic carboxylic acids is 1. The van der Waals surface area contributed by atoms with Gasteiger partial charge in [0.05, 0.1) is 12.5 Å².